The first-order chi connectivity index (χ1) is 14.6. The molecular formula is C23H28N4O3S. The van der Waals surface area contributed by atoms with Crippen LogP contribution in [0.4, 0.5) is 5.69 Å². The number of nitrogens with zero attached hydrogens (tertiary/aromatic N) is 3. The van der Waals surface area contributed by atoms with Crippen LogP contribution in [0.2, 0.25) is 0 Å². The lowest BCUT2D eigenvalue weighted by atomic mass is 10.2. The Labute approximate surface area is 183 Å². The third-order valence-electron chi connectivity index (χ3n) is 5.10. The number of carbonyl (C=O) groups is 1. The molecule has 0 aliphatic rings. The fourth-order valence-electron chi connectivity index (χ4n) is 3.32. The van der Waals surface area contributed by atoms with Gasteiger partial charge in [-0.15, -0.1) is 6.58 Å². The van der Waals surface area contributed by atoms with Crippen molar-refractivity contribution in [3.05, 3.63) is 72.4 Å². The Bertz CT molecular complexity index is 1210. The molecule has 0 saturated heterocycles. The van der Waals surface area contributed by atoms with Gasteiger partial charge in [0.25, 0.3) is 5.91 Å². The zero-order chi connectivity index (χ0) is 22.8. The number of hydrogen-bond donors (Lipinski definition) is 1. The monoisotopic (exact) mass is 440 g/mol. The van der Waals surface area contributed by atoms with Gasteiger partial charge in [0, 0.05) is 57.9 Å². The van der Waals surface area contributed by atoms with Crippen molar-refractivity contribution in [1.82, 2.24) is 14.2 Å². The van der Waals surface area contributed by atoms with Crippen molar-refractivity contribution < 1.29 is 13.2 Å². The fourth-order valence-corrected chi connectivity index (χ4v) is 4.26. The highest BCUT2D eigenvalue weighted by Crippen LogP contribution is 2.25. The zero-order valence-corrected chi connectivity index (χ0v) is 19.1. The predicted molar refractivity (Wildman–Crippen MR) is 125 cm³/mol. The van der Waals surface area contributed by atoms with Gasteiger partial charge in [0.1, 0.15) is 5.69 Å². The molecule has 0 bridgehead atoms. The van der Waals surface area contributed by atoms with Crippen LogP contribution in [0.5, 0.6) is 0 Å². The summed E-state index contributed by atoms with van der Waals surface area (Å²) in [5.74, 6) is -0.230. The topological polar surface area (TPSA) is 74.6 Å². The van der Waals surface area contributed by atoms with Crippen molar-refractivity contribution >= 4 is 32.5 Å². The Morgan fingerprint density at radius 2 is 1.74 bits per heavy atom. The summed E-state index contributed by atoms with van der Waals surface area (Å²) in [6, 6.07) is 14.6. The molecule has 0 saturated carbocycles. The Morgan fingerprint density at radius 1 is 1.06 bits per heavy atom. The Hall–Kier alpha value is -3.10. The van der Waals surface area contributed by atoms with E-state index >= 15 is 0 Å². The van der Waals surface area contributed by atoms with Gasteiger partial charge in [-0.25, -0.2) is 12.7 Å². The first kappa shape index (κ1) is 22.6. The van der Waals surface area contributed by atoms with E-state index in [4.69, 9.17) is 0 Å². The van der Waals surface area contributed by atoms with E-state index in [-0.39, 0.29) is 10.8 Å². The highest BCUT2D eigenvalue weighted by atomic mass is 32.2. The number of aromatic nitrogens is 1. The zero-order valence-electron chi connectivity index (χ0n) is 18.3. The SMILES string of the molecule is C=CCn1c(C(=O)NCc2ccc(N(C)C)cc2)cc2cc(S(=O)(=O)N(C)C)ccc21. The fraction of sp³-hybridized carbons (Fsp3) is 0.261. The second-order valence-electron chi connectivity index (χ2n) is 7.68. The second kappa shape index (κ2) is 8.95. The van der Waals surface area contributed by atoms with Gasteiger partial charge in [0.2, 0.25) is 10.0 Å². The van der Waals surface area contributed by atoms with Crippen molar-refractivity contribution in [3.63, 3.8) is 0 Å². The molecule has 0 unspecified atom stereocenters. The summed E-state index contributed by atoms with van der Waals surface area (Å²) in [6.45, 7) is 4.61. The Morgan fingerprint density at radius 3 is 2.32 bits per heavy atom. The predicted octanol–water partition coefficient (Wildman–Crippen LogP) is 3.07. The molecular weight excluding hydrogens is 412 g/mol. The lowest BCUT2D eigenvalue weighted by Gasteiger charge is -2.13. The summed E-state index contributed by atoms with van der Waals surface area (Å²) in [7, 11) is 3.38. The van der Waals surface area contributed by atoms with Gasteiger partial charge in [-0.2, -0.15) is 0 Å². The smallest absolute Gasteiger partial charge is 0.268 e. The van der Waals surface area contributed by atoms with Gasteiger partial charge in [-0.3, -0.25) is 4.79 Å². The molecule has 0 radical (unpaired) electrons. The number of nitrogens with one attached hydrogen (secondary N) is 1. The van der Waals surface area contributed by atoms with E-state index in [9.17, 15) is 13.2 Å². The second-order valence-corrected chi connectivity index (χ2v) is 9.83. The van der Waals surface area contributed by atoms with Crippen LogP contribution in [0.1, 0.15) is 16.1 Å². The van der Waals surface area contributed by atoms with E-state index < -0.39 is 10.0 Å². The number of rotatable bonds is 8. The van der Waals surface area contributed by atoms with Crippen molar-refractivity contribution in [2.75, 3.05) is 33.1 Å². The summed E-state index contributed by atoms with van der Waals surface area (Å²) >= 11 is 0. The molecule has 1 N–H and O–H groups in total. The van der Waals surface area contributed by atoms with Crippen LogP contribution in [0.15, 0.2) is 66.1 Å². The van der Waals surface area contributed by atoms with Crippen molar-refractivity contribution in [1.29, 1.82) is 0 Å². The van der Waals surface area contributed by atoms with Gasteiger partial charge in [0.15, 0.2) is 0 Å². The molecule has 0 atom stereocenters. The molecule has 8 heteroatoms. The molecule has 3 rings (SSSR count). The first-order valence-electron chi connectivity index (χ1n) is 9.86. The number of sulfonamides is 1. The maximum Gasteiger partial charge on any atom is 0.268 e. The summed E-state index contributed by atoms with van der Waals surface area (Å²) in [5, 5.41) is 3.64. The van der Waals surface area contributed by atoms with E-state index in [1.807, 2.05) is 47.8 Å². The molecule has 0 aliphatic carbocycles. The number of allylic oxidation sites excluding steroid dienone is 1. The minimum atomic E-state index is -3.56. The quantitative estimate of drug-likeness (QED) is 0.547. The highest BCUT2D eigenvalue weighted by molar-refractivity contribution is 7.89. The molecule has 0 spiro atoms. The highest BCUT2D eigenvalue weighted by Gasteiger charge is 2.20. The van der Waals surface area contributed by atoms with Crippen LogP contribution in [0.25, 0.3) is 10.9 Å². The van der Waals surface area contributed by atoms with Gasteiger partial charge in [0.05, 0.1) is 4.90 Å². The Kier molecular flexibility index (Phi) is 6.52. The van der Waals surface area contributed by atoms with E-state index in [2.05, 4.69) is 11.9 Å². The van der Waals surface area contributed by atoms with Crippen LogP contribution in [0.3, 0.4) is 0 Å². The molecule has 3 aromatic rings. The summed E-state index contributed by atoms with van der Waals surface area (Å²) in [5.41, 5.74) is 3.31. The molecule has 7 nitrogen and oxygen atoms in total. The van der Waals surface area contributed by atoms with Gasteiger partial charge < -0.3 is 14.8 Å². The summed E-state index contributed by atoms with van der Waals surface area (Å²) in [4.78, 5) is 15.2. The standard InChI is InChI=1S/C23H28N4O3S/c1-6-13-27-21-12-11-20(31(29,30)26(4)5)14-18(21)15-22(27)23(28)24-16-17-7-9-19(10-8-17)25(2)3/h6-12,14-15H,1,13,16H2,2-5H3,(H,24,28). The molecule has 2 aromatic carbocycles. The number of benzene rings is 2. The van der Waals surface area contributed by atoms with Crippen LogP contribution < -0.4 is 10.2 Å². The van der Waals surface area contributed by atoms with Gasteiger partial charge >= 0.3 is 0 Å². The Balaban J connectivity index is 1.89. The van der Waals surface area contributed by atoms with E-state index in [1.54, 1.807) is 30.3 Å². The maximum atomic E-state index is 12.9. The largest absolute Gasteiger partial charge is 0.378 e. The number of anilines is 1. The van der Waals surface area contributed by atoms with E-state index in [0.717, 1.165) is 16.8 Å². The maximum absolute atomic E-state index is 12.9. The molecule has 0 aliphatic heterocycles. The molecule has 164 valence electrons. The van der Waals surface area contributed by atoms with Crippen molar-refractivity contribution in [2.24, 2.45) is 0 Å². The molecule has 0 fully saturated rings. The van der Waals surface area contributed by atoms with Crippen LogP contribution >= 0.6 is 0 Å². The third kappa shape index (κ3) is 4.65. The summed E-state index contributed by atoms with van der Waals surface area (Å²) < 4.78 is 27.9. The number of amides is 1. The number of fused-ring (bicyclic) bond motifs is 1. The van der Waals surface area contributed by atoms with E-state index in [0.29, 0.717) is 24.2 Å². The normalized spacial score (nSPS) is 11.6. The summed E-state index contributed by atoms with van der Waals surface area (Å²) in [6.07, 6.45) is 1.71. The van der Waals surface area contributed by atoms with Crippen LogP contribution in [-0.4, -0.2) is 51.4 Å². The molecule has 1 amide bonds. The number of hydrogen-bond acceptors (Lipinski definition) is 4. The molecule has 1 heterocycles. The lowest BCUT2D eigenvalue weighted by Crippen LogP contribution is -2.25. The average molecular weight is 441 g/mol. The minimum Gasteiger partial charge on any atom is -0.378 e. The molecule has 1 aromatic heterocycles. The van der Waals surface area contributed by atoms with Crippen LogP contribution in [-0.2, 0) is 23.1 Å². The number of carbonyl (C=O) groups excluding carboxylic acids is 1. The van der Waals surface area contributed by atoms with Gasteiger partial charge in [-0.05, 0) is 42.0 Å². The third-order valence-corrected chi connectivity index (χ3v) is 6.91. The van der Waals surface area contributed by atoms with E-state index in [1.165, 1.54) is 18.4 Å². The molecule has 31 heavy (non-hydrogen) atoms. The van der Waals surface area contributed by atoms with Crippen LogP contribution in [0, 0.1) is 0 Å². The van der Waals surface area contributed by atoms with Crippen molar-refractivity contribution in [2.45, 2.75) is 18.0 Å². The minimum absolute atomic E-state index is 0.189. The lowest BCUT2D eigenvalue weighted by molar-refractivity contribution is 0.0942. The average Bonchev–Trinajstić information content (AvgIpc) is 3.10. The van der Waals surface area contributed by atoms with Gasteiger partial charge in [-0.1, -0.05) is 18.2 Å². The van der Waals surface area contributed by atoms with Crippen molar-refractivity contribution in [3.8, 4) is 0 Å². The first-order valence-corrected chi connectivity index (χ1v) is 11.3.